The minimum Gasteiger partial charge on any atom is -0.309 e. The summed E-state index contributed by atoms with van der Waals surface area (Å²) in [5.74, 6) is 0.634. The first kappa shape index (κ1) is 38.1. The summed E-state index contributed by atoms with van der Waals surface area (Å²) in [6, 6.07) is 77.8. The van der Waals surface area contributed by atoms with Crippen LogP contribution in [0.4, 0.5) is 11.6 Å². The van der Waals surface area contributed by atoms with Gasteiger partial charge >= 0.3 is 0 Å². The van der Waals surface area contributed by atoms with E-state index in [-0.39, 0.29) is 0 Å². The van der Waals surface area contributed by atoms with Crippen LogP contribution in [0.5, 0.6) is 0 Å². The van der Waals surface area contributed by atoms with E-state index in [1.807, 2.05) is 12.1 Å². The maximum atomic E-state index is 5.41. The van der Waals surface area contributed by atoms with Crippen molar-refractivity contribution < 1.29 is 0 Å². The zero-order chi connectivity index (χ0) is 43.3. The van der Waals surface area contributed by atoms with E-state index in [0.29, 0.717) is 12.5 Å². The lowest BCUT2D eigenvalue weighted by Crippen LogP contribution is -2.21. The van der Waals surface area contributed by atoms with E-state index >= 15 is 0 Å². The fourth-order valence-electron chi connectivity index (χ4n) is 9.55. The van der Waals surface area contributed by atoms with Crippen LogP contribution in [0.15, 0.2) is 231 Å². The van der Waals surface area contributed by atoms with Crippen LogP contribution < -0.4 is 4.90 Å². The molecule has 3 heterocycles. The van der Waals surface area contributed by atoms with Gasteiger partial charge in [0.25, 0.3) is 0 Å². The maximum absolute atomic E-state index is 5.41. The largest absolute Gasteiger partial charge is 0.309 e. The SMILES string of the molecule is C=C1c2ccccc2/C=C\CN(c2nc(-c3ccc(-c4ccccc4)cc3)c3ccccc3n2)c2ccc(-c3ccc4c(c3)c3ccccc3n4-c3ccc(-c4ccccc4)cc3)cc21. The van der Waals surface area contributed by atoms with E-state index in [2.05, 4.69) is 228 Å². The summed E-state index contributed by atoms with van der Waals surface area (Å²) in [7, 11) is 0. The molecule has 11 aromatic rings. The van der Waals surface area contributed by atoms with Gasteiger partial charge in [0.05, 0.1) is 27.9 Å². The van der Waals surface area contributed by atoms with E-state index in [9.17, 15) is 0 Å². The van der Waals surface area contributed by atoms with Gasteiger partial charge in [0.15, 0.2) is 0 Å². The van der Waals surface area contributed by atoms with E-state index in [4.69, 9.17) is 16.5 Å². The third-order valence-corrected chi connectivity index (χ3v) is 12.8. The van der Waals surface area contributed by atoms with Gasteiger partial charge in [-0.2, -0.15) is 0 Å². The summed E-state index contributed by atoms with van der Waals surface area (Å²) in [4.78, 5) is 12.9. The van der Waals surface area contributed by atoms with Gasteiger partial charge in [-0.25, -0.2) is 9.97 Å². The Kier molecular flexibility index (Phi) is 9.35. The molecule has 0 amide bonds. The summed E-state index contributed by atoms with van der Waals surface area (Å²) < 4.78 is 2.38. The van der Waals surface area contributed by atoms with Crippen molar-refractivity contribution in [2.45, 2.75) is 0 Å². The molecule has 0 aliphatic carbocycles. The predicted octanol–water partition coefficient (Wildman–Crippen LogP) is 15.6. The number of nitrogens with zero attached hydrogens (tertiary/aromatic N) is 4. The molecule has 65 heavy (non-hydrogen) atoms. The van der Waals surface area contributed by atoms with Crippen LogP contribution >= 0.6 is 0 Å². The number of hydrogen-bond acceptors (Lipinski definition) is 3. The average molecular weight is 831 g/mol. The third kappa shape index (κ3) is 6.80. The summed E-state index contributed by atoms with van der Waals surface area (Å²) in [5.41, 5.74) is 18.5. The van der Waals surface area contributed by atoms with Crippen LogP contribution in [-0.2, 0) is 0 Å². The predicted molar refractivity (Wildman–Crippen MR) is 273 cm³/mol. The Morgan fingerprint density at radius 1 is 0.415 bits per heavy atom. The second kappa shape index (κ2) is 15.9. The highest BCUT2D eigenvalue weighted by atomic mass is 15.3. The number of hydrogen-bond donors (Lipinski definition) is 0. The lowest BCUT2D eigenvalue weighted by molar-refractivity contribution is 1.01. The quantitative estimate of drug-likeness (QED) is 0.167. The van der Waals surface area contributed by atoms with Crippen molar-refractivity contribution in [3.8, 4) is 50.3 Å². The molecule has 12 rings (SSSR count). The molecule has 0 saturated heterocycles. The standard InChI is InChI=1S/C61H42N4/c1-41-51-21-9-8-19-46(51)20-14-38-64(61-62-56-24-12-10-23-53(56)60(63-61)47-28-26-44(27-29-47)42-15-4-2-5-16-42)57-36-32-48(39-54(41)57)49-33-37-59-55(40-49)52-22-11-13-25-58(52)65(59)50-34-30-45(31-35-50)43-17-6-3-7-18-43/h2-37,39-40H,1,38H2/b20-14-. The lowest BCUT2D eigenvalue weighted by Gasteiger charge is -2.26. The van der Waals surface area contributed by atoms with Crippen molar-refractivity contribution in [2.24, 2.45) is 0 Å². The van der Waals surface area contributed by atoms with Crippen molar-refractivity contribution in [3.05, 3.63) is 248 Å². The van der Waals surface area contributed by atoms with Crippen molar-refractivity contribution in [2.75, 3.05) is 11.4 Å². The molecule has 0 unspecified atom stereocenters. The molecular formula is C61H42N4. The number of rotatable bonds is 6. The normalized spacial score (nSPS) is 13.0. The fraction of sp³-hybridized carbons (Fsp3) is 0.0164. The summed E-state index contributed by atoms with van der Waals surface area (Å²) in [5, 5.41) is 3.43. The first-order chi connectivity index (χ1) is 32.1. The van der Waals surface area contributed by atoms with E-state index in [1.54, 1.807) is 0 Å². The topological polar surface area (TPSA) is 34.0 Å². The molecule has 9 aromatic carbocycles. The van der Waals surface area contributed by atoms with Crippen LogP contribution in [0.2, 0.25) is 0 Å². The Balaban J connectivity index is 0.983. The van der Waals surface area contributed by atoms with Gasteiger partial charge in [-0.05, 0) is 98.6 Å². The van der Waals surface area contributed by atoms with Gasteiger partial charge in [-0.1, -0.05) is 189 Å². The van der Waals surface area contributed by atoms with Gasteiger partial charge in [0, 0.05) is 39.5 Å². The molecule has 2 aromatic heterocycles. The minimum absolute atomic E-state index is 0.566. The van der Waals surface area contributed by atoms with Crippen LogP contribution in [-0.4, -0.2) is 21.1 Å². The molecule has 0 atom stereocenters. The number of para-hydroxylation sites is 2. The Bertz CT molecular complexity index is 3620. The lowest BCUT2D eigenvalue weighted by atomic mass is 9.91. The Morgan fingerprint density at radius 2 is 0.985 bits per heavy atom. The first-order valence-corrected chi connectivity index (χ1v) is 22.1. The number of fused-ring (bicyclic) bond motifs is 6. The highest BCUT2D eigenvalue weighted by Crippen LogP contribution is 2.42. The molecule has 0 fully saturated rings. The highest BCUT2D eigenvalue weighted by Gasteiger charge is 2.23. The van der Waals surface area contributed by atoms with Crippen LogP contribution in [0.1, 0.15) is 16.7 Å². The molecule has 0 bridgehead atoms. The van der Waals surface area contributed by atoms with E-state index < -0.39 is 0 Å². The van der Waals surface area contributed by atoms with Crippen LogP contribution in [0, 0.1) is 0 Å². The number of anilines is 2. The molecule has 1 aliphatic rings. The Labute approximate surface area is 378 Å². The van der Waals surface area contributed by atoms with Gasteiger partial charge in [-0.3, -0.25) is 0 Å². The molecule has 0 spiro atoms. The minimum atomic E-state index is 0.566. The number of aromatic nitrogens is 3. The zero-order valence-corrected chi connectivity index (χ0v) is 35.6. The molecule has 0 saturated carbocycles. The Morgan fingerprint density at radius 3 is 1.75 bits per heavy atom. The fourth-order valence-corrected chi connectivity index (χ4v) is 9.55. The van der Waals surface area contributed by atoms with Crippen molar-refractivity contribution >= 4 is 56.0 Å². The monoisotopic (exact) mass is 830 g/mol. The van der Waals surface area contributed by atoms with Gasteiger partial charge in [-0.15, -0.1) is 0 Å². The second-order valence-electron chi connectivity index (χ2n) is 16.6. The zero-order valence-electron chi connectivity index (χ0n) is 35.6. The van der Waals surface area contributed by atoms with Gasteiger partial charge < -0.3 is 9.47 Å². The summed E-state index contributed by atoms with van der Waals surface area (Å²) in [6.45, 7) is 5.37. The van der Waals surface area contributed by atoms with Crippen LogP contribution in [0.3, 0.4) is 0 Å². The molecule has 4 nitrogen and oxygen atoms in total. The Hall–Kier alpha value is -8.60. The molecule has 0 radical (unpaired) electrons. The smallest absolute Gasteiger partial charge is 0.231 e. The molecular weight excluding hydrogens is 789 g/mol. The number of benzene rings is 9. The second-order valence-corrected chi connectivity index (χ2v) is 16.6. The van der Waals surface area contributed by atoms with Gasteiger partial charge in [0.2, 0.25) is 5.95 Å². The van der Waals surface area contributed by atoms with Gasteiger partial charge in [0.1, 0.15) is 0 Å². The molecule has 0 N–H and O–H groups in total. The third-order valence-electron chi connectivity index (χ3n) is 12.8. The molecule has 1 aliphatic heterocycles. The van der Waals surface area contributed by atoms with Crippen molar-refractivity contribution in [3.63, 3.8) is 0 Å². The van der Waals surface area contributed by atoms with E-state index in [1.165, 1.54) is 44.1 Å². The van der Waals surface area contributed by atoms with Crippen LogP contribution in [0.25, 0.3) is 94.7 Å². The molecule has 306 valence electrons. The summed E-state index contributed by atoms with van der Waals surface area (Å²) >= 11 is 0. The average Bonchev–Trinajstić information content (AvgIpc) is 3.73. The molecule has 4 heteroatoms. The van der Waals surface area contributed by atoms with Crippen molar-refractivity contribution in [1.29, 1.82) is 0 Å². The van der Waals surface area contributed by atoms with E-state index in [0.717, 1.165) is 66.9 Å². The summed E-state index contributed by atoms with van der Waals surface area (Å²) in [6.07, 6.45) is 4.41. The maximum Gasteiger partial charge on any atom is 0.231 e. The highest BCUT2D eigenvalue weighted by molar-refractivity contribution is 6.10. The van der Waals surface area contributed by atoms with Crippen molar-refractivity contribution in [1.82, 2.24) is 14.5 Å². The first-order valence-electron chi connectivity index (χ1n) is 22.1.